The van der Waals surface area contributed by atoms with E-state index >= 15 is 0 Å². The first kappa shape index (κ1) is 19.0. The van der Waals surface area contributed by atoms with E-state index in [1.54, 1.807) is 24.3 Å². The molecule has 0 radical (unpaired) electrons. The molecule has 0 fully saturated rings. The molecule has 2 aromatic rings. The van der Waals surface area contributed by atoms with Gasteiger partial charge < -0.3 is 10.6 Å². The number of aryl methyl sites for hydroxylation is 1. The van der Waals surface area contributed by atoms with Gasteiger partial charge in [-0.15, -0.1) is 0 Å². The minimum Gasteiger partial charge on any atom is -0.347 e. The van der Waals surface area contributed by atoms with Crippen molar-refractivity contribution in [1.82, 2.24) is 5.32 Å². The molecule has 5 nitrogen and oxygen atoms in total. The maximum atomic E-state index is 13.4. The Bertz CT molecular complexity index is 861. The van der Waals surface area contributed by atoms with E-state index in [1.807, 2.05) is 6.07 Å². The van der Waals surface area contributed by atoms with Crippen LogP contribution in [0.15, 0.2) is 36.4 Å². The van der Waals surface area contributed by atoms with Crippen molar-refractivity contribution in [1.29, 1.82) is 5.26 Å². The maximum Gasteiger partial charge on any atom is 0.243 e. The summed E-state index contributed by atoms with van der Waals surface area (Å²) in [5.41, 5.74) is 0.854. The minimum absolute atomic E-state index is 0.110. The van der Waals surface area contributed by atoms with E-state index < -0.39 is 41.5 Å². The van der Waals surface area contributed by atoms with Crippen LogP contribution in [0.2, 0.25) is 0 Å². The van der Waals surface area contributed by atoms with Crippen molar-refractivity contribution in [2.24, 2.45) is 0 Å². The average molecular weight is 361 g/mol. The molecule has 0 saturated carbocycles. The largest absolute Gasteiger partial charge is 0.347 e. The first-order valence-electron chi connectivity index (χ1n) is 7.60. The SMILES string of the molecule is N#Cc1ccc(CCC(=O)NCC(=O)Nc2ccc(F)c(F)c2F)cc1. The van der Waals surface area contributed by atoms with Crippen LogP contribution in [0, 0.1) is 28.8 Å². The lowest BCUT2D eigenvalue weighted by Gasteiger charge is -2.08. The van der Waals surface area contributed by atoms with E-state index in [0.29, 0.717) is 18.1 Å². The van der Waals surface area contributed by atoms with Gasteiger partial charge in [-0.1, -0.05) is 12.1 Å². The van der Waals surface area contributed by atoms with Gasteiger partial charge in [-0.2, -0.15) is 5.26 Å². The highest BCUT2D eigenvalue weighted by Crippen LogP contribution is 2.19. The fourth-order valence-electron chi connectivity index (χ4n) is 2.09. The molecule has 0 aliphatic rings. The number of nitriles is 1. The molecule has 2 rings (SSSR count). The van der Waals surface area contributed by atoms with Gasteiger partial charge in [0.05, 0.1) is 23.9 Å². The zero-order chi connectivity index (χ0) is 19.1. The van der Waals surface area contributed by atoms with Crippen LogP contribution in [0.4, 0.5) is 18.9 Å². The number of carbonyl (C=O) groups excluding carboxylic acids is 2. The maximum absolute atomic E-state index is 13.4. The zero-order valence-corrected chi connectivity index (χ0v) is 13.5. The van der Waals surface area contributed by atoms with Gasteiger partial charge in [0.25, 0.3) is 0 Å². The van der Waals surface area contributed by atoms with Crippen molar-refractivity contribution in [2.45, 2.75) is 12.8 Å². The van der Waals surface area contributed by atoms with Crippen LogP contribution in [-0.2, 0) is 16.0 Å². The van der Waals surface area contributed by atoms with Crippen LogP contribution in [0.1, 0.15) is 17.5 Å². The number of hydrogen-bond donors (Lipinski definition) is 2. The van der Waals surface area contributed by atoms with Crippen LogP contribution >= 0.6 is 0 Å². The highest BCUT2D eigenvalue weighted by Gasteiger charge is 2.15. The quantitative estimate of drug-likeness (QED) is 0.776. The second-order valence-corrected chi connectivity index (χ2v) is 5.36. The molecule has 0 spiro atoms. The topological polar surface area (TPSA) is 82.0 Å². The Balaban J connectivity index is 1.79. The highest BCUT2D eigenvalue weighted by molar-refractivity contribution is 5.94. The van der Waals surface area contributed by atoms with Gasteiger partial charge in [0, 0.05) is 6.42 Å². The predicted octanol–water partition coefficient (Wildman–Crippen LogP) is 2.66. The molecule has 2 amide bonds. The molecular formula is C18H14F3N3O2. The minimum atomic E-state index is -1.69. The number of halogens is 3. The lowest BCUT2D eigenvalue weighted by Crippen LogP contribution is -2.33. The summed E-state index contributed by atoms with van der Waals surface area (Å²) >= 11 is 0. The summed E-state index contributed by atoms with van der Waals surface area (Å²) in [7, 11) is 0. The monoisotopic (exact) mass is 361 g/mol. The van der Waals surface area contributed by atoms with E-state index in [0.717, 1.165) is 11.6 Å². The summed E-state index contributed by atoms with van der Waals surface area (Å²) in [5, 5.41) is 13.1. The van der Waals surface area contributed by atoms with Gasteiger partial charge in [0.15, 0.2) is 17.5 Å². The van der Waals surface area contributed by atoms with Crippen molar-refractivity contribution in [3.63, 3.8) is 0 Å². The third-order valence-corrected chi connectivity index (χ3v) is 3.48. The molecule has 2 aromatic carbocycles. The number of carbonyl (C=O) groups is 2. The number of hydrogen-bond acceptors (Lipinski definition) is 3. The van der Waals surface area contributed by atoms with Crippen molar-refractivity contribution < 1.29 is 22.8 Å². The molecule has 0 heterocycles. The zero-order valence-electron chi connectivity index (χ0n) is 13.5. The Morgan fingerprint density at radius 2 is 1.65 bits per heavy atom. The number of nitrogens with one attached hydrogen (secondary N) is 2. The number of amides is 2. The molecule has 0 atom stereocenters. The third kappa shape index (κ3) is 5.08. The lowest BCUT2D eigenvalue weighted by molar-refractivity contribution is -0.124. The summed E-state index contributed by atoms with van der Waals surface area (Å²) < 4.78 is 39.3. The standard InChI is InChI=1S/C18H14F3N3O2/c19-13-6-7-14(18(21)17(13)20)24-16(26)10-23-15(25)8-5-11-1-3-12(9-22)4-2-11/h1-4,6-7H,5,8,10H2,(H,23,25)(H,24,26). The van der Waals surface area contributed by atoms with Crippen LogP contribution < -0.4 is 10.6 Å². The Labute approximate surface area is 147 Å². The van der Waals surface area contributed by atoms with Gasteiger partial charge >= 0.3 is 0 Å². The average Bonchev–Trinajstić information content (AvgIpc) is 2.65. The summed E-state index contributed by atoms with van der Waals surface area (Å²) in [5.74, 6) is -5.74. The smallest absolute Gasteiger partial charge is 0.243 e. The van der Waals surface area contributed by atoms with Crippen LogP contribution in [-0.4, -0.2) is 18.4 Å². The summed E-state index contributed by atoms with van der Waals surface area (Å²) in [6.45, 7) is -0.440. The summed E-state index contributed by atoms with van der Waals surface area (Å²) in [4.78, 5) is 23.4. The van der Waals surface area contributed by atoms with Crippen molar-refractivity contribution in [3.8, 4) is 6.07 Å². The fraction of sp³-hybridized carbons (Fsp3) is 0.167. The van der Waals surface area contributed by atoms with Crippen molar-refractivity contribution >= 4 is 17.5 Å². The Kier molecular flexibility index (Phi) is 6.33. The number of nitrogens with zero attached hydrogens (tertiary/aromatic N) is 1. The summed E-state index contributed by atoms with van der Waals surface area (Å²) in [6, 6.07) is 10.3. The lowest BCUT2D eigenvalue weighted by atomic mass is 10.1. The normalized spacial score (nSPS) is 10.1. The molecule has 0 unspecified atom stereocenters. The second-order valence-electron chi connectivity index (χ2n) is 5.36. The number of anilines is 1. The first-order valence-corrected chi connectivity index (χ1v) is 7.60. The Morgan fingerprint density at radius 3 is 2.31 bits per heavy atom. The van der Waals surface area contributed by atoms with Crippen LogP contribution in [0.5, 0.6) is 0 Å². The molecule has 134 valence electrons. The van der Waals surface area contributed by atoms with E-state index in [1.165, 1.54) is 0 Å². The first-order chi connectivity index (χ1) is 12.4. The van der Waals surface area contributed by atoms with E-state index in [4.69, 9.17) is 5.26 Å². The molecule has 8 heteroatoms. The van der Waals surface area contributed by atoms with Gasteiger partial charge in [0.1, 0.15) is 0 Å². The van der Waals surface area contributed by atoms with Gasteiger partial charge in [-0.05, 0) is 36.2 Å². The summed E-state index contributed by atoms with van der Waals surface area (Å²) in [6.07, 6.45) is 0.523. The highest BCUT2D eigenvalue weighted by atomic mass is 19.2. The molecule has 0 aliphatic carbocycles. The van der Waals surface area contributed by atoms with Crippen molar-refractivity contribution in [3.05, 3.63) is 65.0 Å². The molecule has 0 aliphatic heterocycles. The number of benzene rings is 2. The molecule has 0 bridgehead atoms. The van der Waals surface area contributed by atoms with Crippen LogP contribution in [0.25, 0.3) is 0 Å². The molecule has 0 saturated heterocycles. The van der Waals surface area contributed by atoms with E-state index in [2.05, 4.69) is 10.6 Å². The number of rotatable bonds is 6. The Hall–Kier alpha value is -3.34. The van der Waals surface area contributed by atoms with Gasteiger partial charge in [0.2, 0.25) is 11.8 Å². The fourth-order valence-corrected chi connectivity index (χ4v) is 2.09. The second kappa shape index (κ2) is 8.67. The van der Waals surface area contributed by atoms with Gasteiger partial charge in [-0.25, -0.2) is 13.2 Å². The van der Waals surface area contributed by atoms with Crippen molar-refractivity contribution in [2.75, 3.05) is 11.9 Å². The molecular weight excluding hydrogens is 347 g/mol. The molecule has 0 aromatic heterocycles. The van der Waals surface area contributed by atoms with Crippen LogP contribution in [0.3, 0.4) is 0 Å². The van der Waals surface area contributed by atoms with Gasteiger partial charge in [-0.3, -0.25) is 9.59 Å². The third-order valence-electron chi connectivity index (χ3n) is 3.48. The van der Waals surface area contributed by atoms with E-state index in [9.17, 15) is 22.8 Å². The molecule has 26 heavy (non-hydrogen) atoms. The molecule has 2 N–H and O–H groups in total. The van der Waals surface area contributed by atoms with E-state index in [-0.39, 0.29) is 6.42 Å². The predicted molar refractivity (Wildman–Crippen MR) is 87.4 cm³/mol. The Morgan fingerprint density at radius 1 is 0.962 bits per heavy atom.